The molecule has 0 aromatic heterocycles. The van der Waals surface area contributed by atoms with Crippen LogP contribution in [0.5, 0.6) is 0 Å². The highest BCUT2D eigenvalue weighted by Crippen LogP contribution is 2.25. The molecule has 1 N–H and O–H groups in total. The number of carbonyl (C=O) groups is 1. The third kappa shape index (κ3) is 4.84. The van der Waals surface area contributed by atoms with Crippen LogP contribution in [0.1, 0.15) is 49.0 Å². The van der Waals surface area contributed by atoms with E-state index in [1.165, 1.54) is 5.57 Å². The van der Waals surface area contributed by atoms with Crippen LogP contribution >= 0.6 is 0 Å². The maximum atomic E-state index is 11.6. The molecule has 0 spiro atoms. The van der Waals surface area contributed by atoms with Gasteiger partial charge < -0.3 is 9.84 Å². The lowest BCUT2D eigenvalue weighted by molar-refractivity contribution is 0.0526. The Morgan fingerprint density at radius 2 is 2.13 bits per heavy atom. The Kier molecular flexibility index (Phi) is 6.19. The van der Waals surface area contributed by atoms with Crippen molar-refractivity contribution in [2.75, 3.05) is 6.61 Å². The summed E-state index contributed by atoms with van der Waals surface area (Å²) in [6.07, 6.45) is 6.21. The summed E-state index contributed by atoms with van der Waals surface area (Å²) in [5.74, 6) is 5.67. The van der Waals surface area contributed by atoms with Crippen LogP contribution < -0.4 is 0 Å². The molecule has 0 aliphatic heterocycles. The maximum absolute atomic E-state index is 11.6. The second-order valence-electron chi connectivity index (χ2n) is 5.54. The van der Waals surface area contributed by atoms with Gasteiger partial charge in [-0.1, -0.05) is 17.4 Å². The number of hydrogen-bond acceptors (Lipinski definition) is 3. The molecule has 0 saturated heterocycles. The minimum absolute atomic E-state index is 0.319. The fourth-order valence-corrected chi connectivity index (χ4v) is 2.56. The molecule has 1 aliphatic carbocycles. The van der Waals surface area contributed by atoms with Crippen LogP contribution in [0, 0.1) is 11.8 Å². The van der Waals surface area contributed by atoms with Gasteiger partial charge in [0.15, 0.2) is 0 Å². The predicted octanol–water partition coefficient (Wildman–Crippen LogP) is 3.63. The summed E-state index contributed by atoms with van der Waals surface area (Å²) < 4.78 is 4.94. The molecule has 3 nitrogen and oxygen atoms in total. The van der Waals surface area contributed by atoms with E-state index < -0.39 is 0 Å². The van der Waals surface area contributed by atoms with Gasteiger partial charge in [-0.05, 0) is 75.1 Å². The number of benzene rings is 1. The molecule has 23 heavy (non-hydrogen) atoms. The molecule has 0 fully saturated rings. The fraction of sp³-hybridized carbons (Fsp3) is 0.350. The highest BCUT2D eigenvalue weighted by atomic mass is 16.5. The van der Waals surface area contributed by atoms with Gasteiger partial charge in [0.05, 0.1) is 18.3 Å². The first-order valence-corrected chi connectivity index (χ1v) is 7.94. The number of rotatable bonds is 3. The first-order chi connectivity index (χ1) is 11.1. The van der Waals surface area contributed by atoms with Gasteiger partial charge in [0.25, 0.3) is 0 Å². The Labute approximate surface area is 137 Å². The molecule has 3 heteroatoms. The largest absolute Gasteiger partial charge is 0.462 e. The molecule has 0 amide bonds. The van der Waals surface area contributed by atoms with E-state index in [1.54, 1.807) is 37.3 Å². The lowest BCUT2D eigenvalue weighted by Gasteiger charge is -2.20. The normalized spacial score (nSPS) is 17.8. The maximum Gasteiger partial charge on any atom is 0.338 e. The first-order valence-electron chi connectivity index (χ1n) is 7.94. The number of aliphatic hydroxyl groups excluding tert-OH is 1. The number of aliphatic hydroxyl groups is 1. The van der Waals surface area contributed by atoms with Crippen LogP contribution in [0.2, 0.25) is 0 Å². The van der Waals surface area contributed by atoms with Gasteiger partial charge in [-0.2, -0.15) is 0 Å². The second-order valence-corrected chi connectivity index (χ2v) is 5.54. The third-order valence-electron chi connectivity index (χ3n) is 3.84. The zero-order valence-corrected chi connectivity index (χ0v) is 13.6. The van der Waals surface area contributed by atoms with Crippen molar-refractivity contribution >= 4 is 5.97 Å². The number of esters is 1. The summed E-state index contributed by atoms with van der Waals surface area (Å²) in [7, 11) is 0. The standard InChI is InChI=1S/C20H22O3/c1-3-23-20(22)17-13-11-16(12-14-17)8-4-5-9-18-15(2)7-6-10-19(18)21/h5,9,11-14,19,21H,3,6-7,10H2,1-2H3. The van der Waals surface area contributed by atoms with Crippen molar-refractivity contribution < 1.29 is 14.6 Å². The number of ether oxygens (including phenoxy) is 1. The average molecular weight is 310 g/mol. The highest BCUT2D eigenvalue weighted by molar-refractivity contribution is 5.89. The SMILES string of the molecule is CCOC(=O)c1ccc(C#CC=CC2=C(C)CCCC2O)cc1. The van der Waals surface area contributed by atoms with Crippen molar-refractivity contribution in [2.45, 2.75) is 39.2 Å². The van der Waals surface area contributed by atoms with Crippen LogP contribution in [0.4, 0.5) is 0 Å². The Morgan fingerprint density at radius 1 is 1.39 bits per heavy atom. The Bertz CT molecular complexity index is 669. The summed E-state index contributed by atoms with van der Waals surface area (Å²) in [4.78, 5) is 11.6. The summed E-state index contributed by atoms with van der Waals surface area (Å²) >= 11 is 0. The number of allylic oxidation sites excluding steroid dienone is 2. The minimum atomic E-state index is -0.370. The molecule has 1 aromatic rings. The van der Waals surface area contributed by atoms with E-state index in [0.29, 0.717) is 12.2 Å². The molecule has 0 bridgehead atoms. The second kappa shape index (κ2) is 8.36. The molecular formula is C20H22O3. The van der Waals surface area contributed by atoms with E-state index in [-0.39, 0.29) is 12.1 Å². The van der Waals surface area contributed by atoms with Crippen molar-refractivity contribution in [3.05, 3.63) is 58.7 Å². The minimum Gasteiger partial charge on any atom is -0.462 e. The van der Waals surface area contributed by atoms with Gasteiger partial charge in [-0.25, -0.2) is 4.79 Å². The van der Waals surface area contributed by atoms with E-state index in [1.807, 2.05) is 6.08 Å². The molecule has 1 aliphatic rings. The molecule has 0 radical (unpaired) electrons. The molecule has 1 aromatic carbocycles. The summed E-state index contributed by atoms with van der Waals surface area (Å²) in [6, 6.07) is 7.02. The average Bonchev–Trinajstić information content (AvgIpc) is 2.54. The summed E-state index contributed by atoms with van der Waals surface area (Å²) in [5.41, 5.74) is 3.58. The smallest absolute Gasteiger partial charge is 0.338 e. The fourth-order valence-electron chi connectivity index (χ4n) is 2.56. The van der Waals surface area contributed by atoms with Crippen LogP contribution in [0.25, 0.3) is 0 Å². The Balaban J connectivity index is 2.02. The van der Waals surface area contributed by atoms with Crippen molar-refractivity contribution in [1.82, 2.24) is 0 Å². The van der Waals surface area contributed by atoms with Gasteiger partial charge in [0, 0.05) is 5.56 Å². The molecule has 2 rings (SSSR count). The van der Waals surface area contributed by atoms with Gasteiger partial charge >= 0.3 is 5.97 Å². The third-order valence-corrected chi connectivity index (χ3v) is 3.84. The van der Waals surface area contributed by atoms with Crippen LogP contribution in [0.15, 0.2) is 47.6 Å². The predicted molar refractivity (Wildman–Crippen MR) is 91.0 cm³/mol. The monoisotopic (exact) mass is 310 g/mol. The topological polar surface area (TPSA) is 46.5 Å². The van der Waals surface area contributed by atoms with Crippen molar-refractivity contribution in [3.8, 4) is 11.8 Å². The van der Waals surface area contributed by atoms with E-state index in [4.69, 9.17) is 4.74 Å². The van der Waals surface area contributed by atoms with E-state index >= 15 is 0 Å². The molecule has 120 valence electrons. The van der Waals surface area contributed by atoms with Crippen molar-refractivity contribution in [3.63, 3.8) is 0 Å². The van der Waals surface area contributed by atoms with E-state index in [0.717, 1.165) is 30.4 Å². The van der Waals surface area contributed by atoms with Crippen LogP contribution in [0.3, 0.4) is 0 Å². The van der Waals surface area contributed by atoms with E-state index in [9.17, 15) is 9.90 Å². The molecule has 1 atom stereocenters. The molecule has 1 unspecified atom stereocenters. The van der Waals surface area contributed by atoms with Crippen LogP contribution in [-0.4, -0.2) is 23.8 Å². The summed E-state index contributed by atoms with van der Waals surface area (Å²) in [5, 5.41) is 9.98. The number of hydrogen-bond donors (Lipinski definition) is 1. The first kappa shape index (κ1) is 17.1. The lowest BCUT2D eigenvalue weighted by atomic mass is 9.90. The zero-order valence-electron chi connectivity index (χ0n) is 13.6. The number of carbonyl (C=O) groups excluding carboxylic acids is 1. The lowest BCUT2D eigenvalue weighted by Crippen LogP contribution is -2.14. The van der Waals surface area contributed by atoms with E-state index in [2.05, 4.69) is 18.8 Å². The zero-order chi connectivity index (χ0) is 16.7. The molecule has 0 saturated carbocycles. The Morgan fingerprint density at radius 3 is 2.78 bits per heavy atom. The quantitative estimate of drug-likeness (QED) is 0.685. The van der Waals surface area contributed by atoms with Gasteiger partial charge in [-0.15, -0.1) is 0 Å². The molecular weight excluding hydrogens is 288 g/mol. The van der Waals surface area contributed by atoms with Crippen LogP contribution in [-0.2, 0) is 4.74 Å². The van der Waals surface area contributed by atoms with Gasteiger partial charge in [0.2, 0.25) is 0 Å². The Hall–Kier alpha value is -2.31. The van der Waals surface area contributed by atoms with Gasteiger partial charge in [-0.3, -0.25) is 0 Å². The summed E-state index contributed by atoms with van der Waals surface area (Å²) in [6.45, 7) is 4.21. The van der Waals surface area contributed by atoms with Crippen molar-refractivity contribution in [2.24, 2.45) is 0 Å². The van der Waals surface area contributed by atoms with Crippen molar-refractivity contribution in [1.29, 1.82) is 0 Å². The highest BCUT2D eigenvalue weighted by Gasteiger charge is 2.15. The molecule has 0 heterocycles. The van der Waals surface area contributed by atoms with Gasteiger partial charge in [0.1, 0.15) is 0 Å².